The number of carboxylic acids is 1. The summed E-state index contributed by atoms with van der Waals surface area (Å²) in [7, 11) is 5.73. The van der Waals surface area contributed by atoms with E-state index in [0.29, 0.717) is 30.3 Å². The minimum absolute atomic E-state index is 0.185. The number of rotatable bonds is 10. The standard InChI is InChI=1S/C13H23NO5/c1-14(2,3)10-11(9-12(16)17)19-13(18)7-5-4-6-8-15/h8,11H,4-7,9-10H2,1-3H3/p+1/t11-/m1/s1. The van der Waals surface area contributed by atoms with Gasteiger partial charge in [0.15, 0.2) is 6.10 Å². The quantitative estimate of drug-likeness (QED) is 0.276. The fraction of sp³-hybridized carbons (Fsp3) is 0.769. The maximum absolute atomic E-state index is 11.6. The molecule has 0 aliphatic carbocycles. The fourth-order valence-corrected chi connectivity index (χ4v) is 1.69. The number of aldehydes is 1. The second-order valence-corrected chi connectivity index (χ2v) is 5.60. The van der Waals surface area contributed by atoms with Crippen LogP contribution in [0.4, 0.5) is 0 Å². The van der Waals surface area contributed by atoms with Crippen LogP contribution in [0, 0.1) is 0 Å². The van der Waals surface area contributed by atoms with Crippen molar-refractivity contribution in [3.8, 4) is 0 Å². The lowest BCUT2D eigenvalue weighted by molar-refractivity contribution is -0.873. The molecule has 0 rings (SSSR count). The monoisotopic (exact) mass is 274 g/mol. The molecule has 6 nitrogen and oxygen atoms in total. The number of carboxylic acid groups (broad SMARTS) is 1. The topological polar surface area (TPSA) is 80.7 Å². The molecule has 0 saturated heterocycles. The zero-order chi connectivity index (χ0) is 14.9. The smallest absolute Gasteiger partial charge is 0.307 e. The molecule has 0 heterocycles. The van der Waals surface area contributed by atoms with E-state index in [4.69, 9.17) is 9.84 Å². The van der Waals surface area contributed by atoms with E-state index in [0.717, 1.165) is 6.29 Å². The first-order valence-corrected chi connectivity index (χ1v) is 6.40. The van der Waals surface area contributed by atoms with Crippen molar-refractivity contribution in [1.29, 1.82) is 0 Å². The van der Waals surface area contributed by atoms with Gasteiger partial charge >= 0.3 is 11.9 Å². The van der Waals surface area contributed by atoms with Crippen molar-refractivity contribution < 1.29 is 28.7 Å². The molecule has 0 bridgehead atoms. The van der Waals surface area contributed by atoms with E-state index in [1.165, 1.54) is 0 Å². The highest BCUT2D eigenvalue weighted by molar-refractivity contribution is 5.71. The molecule has 1 N–H and O–H groups in total. The van der Waals surface area contributed by atoms with Crippen LogP contribution in [0.3, 0.4) is 0 Å². The minimum Gasteiger partial charge on any atom is -0.481 e. The first kappa shape index (κ1) is 17.6. The van der Waals surface area contributed by atoms with Gasteiger partial charge in [0.25, 0.3) is 0 Å². The van der Waals surface area contributed by atoms with E-state index in [2.05, 4.69) is 0 Å². The largest absolute Gasteiger partial charge is 0.481 e. The summed E-state index contributed by atoms with van der Waals surface area (Å²) < 4.78 is 5.72. The molecule has 0 amide bonds. The average molecular weight is 274 g/mol. The summed E-state index contributed by atoms with van der Waals surface area (Å²) in [6, 6.07) is 0. The predicted molar refractivity (Wildman–Crippen MR) is 69.6 cm³/mol. The number of likely N-dealkylation sites (N-methyl/N-ethyl adjacent to an activating group) is 1. The highest BCUT2D eigenvalue weighted by Gasteiger charge is 2.24. The molecule has 0 aromatic rings. The predicted octanol–water partition coefficient (Wildman–Crippen LogP) is 0.838. The van der Waals surface area contributed by atoms with Gasteiger partial charge < -0.3 is 19.1 Å². The van der Waals surface area contributed by atoms with Gasteiger partial charge in [-0.05, 0) is 12.8 Å². The Balaban J connectivity index is 4.19. The number of nitrogens with zero attached hydrogens (tertiary/aromatic N) is 1. The molecular formula is C13H24NO5+. The Morgan fingerprint density at radius 2 is 1.89 bits per heavy atom. The van der Waals surface area contributed by atoms with Gasteiger partial charge in [-0.25, -0.2) is 0 Å². The Labute approximate surface area is 113 Å². The highest BCUT2D eigenvalue weighted by atomic mass is 16.5. The van der Waals surface area contributed by atoms with Crippen molar-refractivity contribution >= 4 is 18.2 Å². The Morgan fingerprint density at radius 3 is 2.37 bits per heavy atom. The molecule has 110 valence electrons. The van der Waals surface area contributed by atoms with Crippen molar-refractivity contribution in [3.63, 3.8) is 0 Å². The van der Waals surface area contributed by atoms with Gasteiger partial charge in [-0.3, -0.25) is 9.59 Å². The molecule has 0 radical (unpaired) electrons. The van der Waals surface area contributed by atoms with Crippen LogP contribution in [0.1, 0.15) is 32.1 Å². The first-order valence-electron chi connectivity index (χ1n) is 6.40. The molecule has 6 heteroatoms. The zero-order valence-corrected chi connectivity index (χ0v) is 11.9. The van der Waals surface area contributed by atoms with Gasteiger partial charge in [-0.1, -0.05) is 0 Å². The Hall–Kier alpha value is -1.43. The van der Waals surface area contributed by atoms with Crippen LogP contribution < -0.4 is 0 Å². The third-order valence-electron chi connectivity index (χ3n) is 2.40. The number of unbranched alkanes of at least 4 members (excludes halogenated alkanes) is 2. The minimum atomic E-state index is -0.979. The van der Waals surface area contributed by atoms with E-state index in [9.17, 15) is 14.4 Å². The lowest BCUT2D eigenvalue weighted by Gasteiger charge is -2.28. The molecule has 0 aliphatic rings. The number of ether oxygens (including phenoxy) is 1. The summed E-state index contributed by atoms with van der Waals surface area (Å²) in [6.07, 6.45) is 1.91. The van der Waals surface area contributed by atoms with Crippen molar-refractivity contribution in [2.24, 2.45) is 0 Å². The van der Waals surface area contributed by atoms with Crippen LogP contribution in [-0.4, -0.2) is 61.6 Å². The van der Waals surface area contributed by atoms with E-state index >= 15 is 0 Å². The van der Waals surface area contributed by atoms with Gasteiger partial charge in [0.05, 0.1) is 27.6 Å². The number of aliphatic carboxylic acids is 1. The van der Waals surface area contributed by atoms with Crippen LogP contribution in [0.5, 0.6) is 0 Å². The molecule has 0 aliphatic heterocycles. The zero-order valence-electron chi connectivity index (χ0n) is 11.9. The van der Waals surface area contributed by atoms with Crippen LogP contribution in [0.15, 0.2) is 0 Å². The Bertz CT molecular complexity index is 309. The van der Waals surface area contributed by atoms with Crippen LogP contribution in [-0.2, 0) is 19.1 Å². The van der Waals surface area contributed by atoms with Gasteiger partial charge in [0.2, 0.25) is 0 Å². The number of esters is 1. The third kappa shape index (κ3) is 11.4. The summed E-state index contributed by atoms with van der Waals surface area (Å²) in [5.41, 5.74) is 0. The highest BCUT2D eigenvalue weighted by Crippen LogP contribution is 2.08. The molecule has 0 aromatic carbocycles. The van der Waals surface area contributed by atoms with Gasteiger partial charge in [-0.15, -0.1) is 0 Å². The fourth-order valence-electron chi connectivity index (χ4n) is 1.69. The average Bonchev–Trinajstić information content (AvgIpc) is 2.20. The number of quaternary nitrogens is 1. The SMILES string of the molecule is C[N+](C)(C)C[C@@H](CC(=O)O)OC(=O)CCCCC=O. The van der Waals surface area contributed by atoms with Crippen molar-refractivity contribution in [2.75, 3.05) is 27.7 Å². The molecule has 0 saturated carbocycles. The van der Waals surface area contributed by atoms with Crippen molar-refractivity contribution in [3.05, 3.63) is 0 Å². The Morgan fingerprint density at radius 1 is 1.26 bits per heavy atom. The Kier molecular flexibility index (Phi) is 7.98. The molecule has 0 aromatic heterocycles. The number of hydrogen-bond donors (Lipinski definition) is 1. The van der Waals surface area contributed by atoms with Gasteiger partial charge in [0.1, 0.15) is 12.8 Å². The van der Waals surface area contributed by atoms with E-state index in [-0.39, 0.29) is 12.8 Å². The maximum atomic E-state index is 11.6. The summed E-state index contributed by atoms with van der Waals surface area (Å²) in [4.78, 5) is 32.4. The van der Waals surface area contributed by atoms with Crippen LogP contribution in [0.2, 0.25) is 0 Å². The summed E-state index contributed by atoms with van der Waals surface area (Å²) in [5.74, 6) is -1.38. The molecule has 1 atom stereocenters. The third-order valence-corrected chi connectivity index (χ3v) is 2.40. The lowest BCUT2D eigenvalue weighted by atomic mass is 10.2. The molecule has 0 unspecified atom stereocenters. The molecule has 0 fully saturated rings. The molecule has 19 heavy (non-hydrogen) atoms. The van der Waals surface area contributed by atoms with E-state index in [1.54, 1.807) is 0 Å². The van der Waals surface area contributed by atoms with Gasteiger partial charge in [-0.2, -0.15) is 0 Å². The van der Waals surface area contributed by atoms with Crippen LogP contribution >= 0.6 is 0 Å². The summed E-state index contributed by atoms with van der Waals surface area (Å²) in [6.45, 7) is 0.451. The second kappa shape index (κ2) is 8.63. The van der Waals surface area contributed by atoms with Crippen molar-refractivity contribution in [2.45, 2.75) is 38.2 Å². The first-order chi connectivity index (χ1) is 8.74. The summed E-state index contributed by atoms with van der Waals surface area (Å²) >= 11 is 0. The normalized spacial score (nSPS) is 12.8. The number of carbonyl (C=O) groups is 3. The number of carbonyl (C=O) groups excluding carboxylic acids is 2. The van der Waals surface area contributed by atoms with E-state index in [1.807, 2.05) is 21.1 Å². The maximum Gasteiger partial charge on any atom is 0.307 e. The van der Waals surface area contributed by atoms with Crippen molar-refractivity contribution in [1.82, 2.24) is 0 Å². The van der Waals surface area contributed by atoms with Crippen LogP contribution in [0.25, 0.3) is 0 Å². The van der Waals surface area contributed by atoms with E-state index < -0.39 is 18.0 Å². The molecule has 0 spiro atoms. The lowest BCUT2D eigenvalue weighted by Crippen LogP contribution is -2.43. The molecular weight excluding hydrogens is 250 g/mol. The number of hydrogen-bond acceptors (Lipinski definition) is 4. The summed E-state index contributed by atoms with van der Waals surface area (Å²) in [5, 5.41) is 8.80. The van der Waals surface area contributed by atoms with Gasteiger partial charge in [0, 0.05) is 12.8 Å². The second-order valence-electron chi connectivity index (χ2n) is 5.60.